The highest BCUT2D eigenvalue weighted by Gasteiger charge is 2.18. The Hall–Kier alpha value is -3.59. The maximum Gasteiger partial charge on any atom is 0.344 e. The van der Waals surface area contributed by atoms with Gasteiger partial charge in [-0.1, -0.05) is 58.4 Å². The molecule has 0 aliphatic heterocycles. The summed E-state index contributed by atoms with van der Waals surface area (Å²) in [5.74, 6) is -0.308. The van der Waals surface area contributed by atoms with E-state index in [-0.39, 0.29) is 5.91 Å². The van der Waals surface area contributed by atoms with E-state index in [1.165, 1.54) is 0 Å². The smallest absolute Gasteiger partial charge is 0.344 e. The van der Waals surface area contributed by atoms with Crippen molar-refractivity contribution in [2.75, 3.05) is 5.32 Å². The first-order valence-corrected chi connectivity index (χ1v) is 13.7. The van der Waals surface area contributed by atoms with Crippen LogP contribution in [-0.4, -0.2) is 10.9 Å². The minimum atomic E-state index is -0.454. The quantitative estimate of drug-likeness (QED) is 0.198. The molecule has 0 aliphatic rings. The van der Waals surface area contributed by atoms with Crippen LogP contribution in [0, 0.1) is 0 Å². The molecule has 2 heterocycles. The van der Waals surface area contributed by atoms with Crippen LogP contribution in [0.15, 0.2) is 109 Å². The summed E-state index contributed by atoms with van der Waals surface area (Å²) in [5, 5.41) is 4.65. The number of nitrogens with zero attached hydrogens (tertiary/aromatic N) is 1. The number of benzene rings is 4. The highest BCUT2D eigenvalue weighted by atomic mass is 79.9. The van der Waals surface area contributed by atoms with Gasteiger partial charge >= 0.3 is 5.63 Å². The third-order valence-corrected chi connectivity index (χ3v) is 8.05. The normalized spacial score (nSPS) is 11.2. The summed E-state index contributed by atoms with van der Waals surface area (Å²) in [6.07, 6.45) is 0. The Labute approximate surface area is 232 Å². The van der Waals surface area contributed by atoms with Gasteiger partial charge in [-0.05, 0) is 70.0 Å². The number of fused-ring (bicyclic) bond motifs is 2. The van der Waals surface area contributed by atoms with Gasteiger partial charge in [0.05, 0.1) is 21.5 Å². The second-order valence-corrected chi connectivity index (χ2v) is 11.1. The average molecular weight is 632 g/mol. The molecular formula is C29H16Br2N2O3S. The largest absolute Gasteiger partial charge is 0.422 e. The number of para-hydroxylation sites is 2. The molecule has 0 saturated carbocycles. The van der Waals surface area contributed by atoms with Gasteiger partial charge < -0.3 is 9.73 Å². The zero-order chi connectivity index (χ0) is 25.5. The topological polar surface area (TPSA) is 72.2 Å². The fourth-order valence-electron chi connectivity index (χ4n) is 4.13. The number of anilines is 1. The van der Waals surface area contributed by atoms with Crippen LogP contribution in [0.4, 0.5) is 5.69 Å². The van der Waals surface area contributed by atoms with Gasteiger partial charge in [-0.3, -0.25) is 4.79 Å². The number of rotatable bonds is 4. The molecule has 5 nitrogen and oxygen atoms in total. The van der Waals surface area contributed by atoms with Crippen LogP contribution in [0.5, 0.6) is 0 Å². The summed E-state index contributed by atoms with van der Waals surface area (Å²) in [7, 11) is 0. The van der Waals surface area contributed by atoms with E-state index < -0.39 is 5.63 Å². The van der Waals surface area contributed by atoms with Gasteiger partial charge in [-0.15, -0.1) is 11.3 Å². The van der Waals surface area contributed by atoms with Crippen molar-refractivity contribution in [3.8, 4) is 21.7 Å². The van der Waals surface area contributed by atoms with Crippen LogP contribution in [0.1, 0.15) is 10.4 Å². The van der Waals surface area contributed by atoms with Gasteiger partial charge in [0.1, 0.15) is 10.6 Å². The Morgan fingerprint density at radius 1 is 0.865 bits per heavy atom. The van der Waals surface area contributed by atoms with Crippen molar-refractivity contribution in [3.05, 3.63) is 116 Å². The predicted octanol–water partition coefficient (Wildman–Crippen LogP) is 8.51. The summed E-state index contributed by atoms with van der Waals surface area (Å²) in [5.41, 5.74) is 3.79. The molecule has 8 heteroatoms. The SMILES string of the molecule is O=C(Nc1c(Br)cc(Br)cc1-c1nc2ccccc2s1)c1cccc(-c2cc3ccccc3oc2=O)c1. The minimum absolute atomic E-state index is 0.308. The van der Waals surface area contributed by atoms with Crippen LogP contribution < -0.4 is 10.9 Å². The van der Waals surface area contributed by atoms with Crippen molar-refractivity contribution in [2.24, 2.45) is 0 Å². The lowest BCUT2D eigenvalue weighted by Crippen LogP contribution is -2.13. The number of halogens is 2. The van der Waals surface area contributed by atoms with Crippen LogP contribution in [-0.2, 0) is 0 Å². The lowest BCUT2D eigenvalue weighted by molar-refractivity contribution is 0.102. The number of nitrogens with one attached hydrogen (secondary N) is 1. The number of hydrogen-bond donors (Lipinski definition) is 1. The number of thiazole rings is 1. The molecule has 0 atom stereocenters. The molecule has 0 saturated heterocycles. The third kappa shape index (κ3) is 4.64. The molecule has 180 valence electrons. The Bertz CT molecular complexity index is 1860. The standard InChI is InChI=1S/C29H16Br2N2O3S/c30-19-14-21(28-32-23-9-2-4-11-25(23)37-28)26(22(31)15-19)33-27(34)18-8-5-7-16(12-18)20-13-17-6-1-3-10-24(17)36-29(20)35/h1-15H,(H,33,34). The first kappa shape index (κ1) is 23.8. The van der Waals surface area contributed by atoms with Crippen LogP contribution in [0.2, 0.25) is 0 Å². The van der Waals surface area contributed by atoms with E-state index in [2.05, 4.69) is 37.2 Å². The van der Waals surface area contributed by atoms with Gasteiger partial charge in [-0.2, -0.15) is 0 Å². The van der Waals surface area contributed by atoms with Gasteiger partial charge in [0, 0.05) is 25.5 Å². The number of aromatic nitrogens is 1. The van der Waals surface area contributed by atoms with Crippen molar-refractivity contribution < 1.29 is 9.21 Å². The molecular weight excluding hydrogens is 616 g/mol. The van der Waals surface area contributed by atoms with E-state index in [1.807, 2.05) is 54.6 Å². The molecule has 1 N–H and O–H groups in total. The van der Waals surface area contributed by atoms with Crippen molar-refractivity contribution in [3.63, 3.8) is 0 Å². The lowest BCUT2D eigenvalue weighted by atomic mass is 10.0. The molecule has 6 aromatic rings. The van der Waals surface area contributed by atoms with Crippen molar-refractivity contribution in [2.45, 2.75) is 0 Å². The molecule has 0 fully saturated rings. The zero-order valence-corrected chi connectivity index (χ0v) is 23.0. The van der Waals surface area contributed by atoms with Crippen molar-refractivity contribution in [1.82, 2.24) is 4.98 Å². The Balaban J connectivity index is 1.38. The number of carbonyl (C=O) groups excluding carboxylic acids is 1. The predicted molar refractivity (Wildman–Crippen MR) is 156 cm³/mol. The molecule has 0 bridgehead atoms. The van der Waals surface area contributed by atoms with Crippen LogP contribution in [0.25, 0.3) is 42.9 Å². The monoisotopic (exact) mass is 630 g/mol. The first-order valence-electron chi connectivity index (χ1n) is 11.3. The second kappa shape index (κ2) is 9.70. The summed E-state index contributed by atoms with van der Waals surface area (Å²) < 4.78 is 8.13. The fraction of sp³-hybridized carbons (Fsp3) is 0. The maximum absolute atomic E-state index is 13.4. The average Bonchev–Trinajstić information content (AvgIpc) is 3.34. The van der Waals surface area contributed by atoms with E-state index in [1.54, 1.807) is 47.7 Å². The maximum atomic E-state index is 13.4. The number of amides is 1. The van der Waals surface area contributed by atoms with Gasteiger partial charge in [0.15, 0.2) is 0 Å². The molecule has 2 aromatic heterocycles. The van der Waals surface area contributed by atoms with E-state index in [0.29, 0.717) is 28.0 Å². The van der Waals surface area contributed by atoms with E-state index in [4.69, 9.17) is 9.40 Å². The number of carbonyl (C=O) groups is 1. The van der Waals surface area contributed by atoms with Gasteiger partial charge in [0.2, 0.25) is 0 Å². The first-order chi connectivity index (χ1) is 18.0. The summed E-state index contributed by atoms with van der Waals surface area (Å²) >= 11 is 8.71. The van der Waals surface area contributed by atoms with Crippen LogP contribution >= 0.6 is 43.2 Å². The Morgan fingerprint density at radius 3 is 2.54 bits per heavy atom. The summed E-state index contributed by atoms with van der Waals surface area (Å²) in [6.45, 7) is 0. The molecule has 0 spiro atoms. The molecule has 0 radical (unpaired) electrons. The second-order valence-electron chi connectivity index (χ2n) is 8.32. The highest BCUT2D eigenvalue weighted by Crippen LogP contribution is 2.40. The van der Waals surface area contributed by atoms with E-state index >= 15 is 0 Å². The van der Waals surface area contributed by atoms with E-state index in [0.717, 1.165) is 35.1 Å². The highest BCUT2D eigenvalue weighted by molar-refractivity contribution is 9.11. The molecule has 0 aliphatic carbocycles. The van der Waals surface area contributed by atoms with Crippen molar-refractivity contribution >= 4 is 76.0 Å². The summed E-state index contributed by atoms with van der Waals surface area (Å²) in [4.78, 5) is 30.9. The molecule has 1 amide bonds. The van der Waals surface area contributed by atoms with Crippen molar-refractivity contribution in [1.29, 1.82) is 0 Å². The Kier molecular flexibility index (Phi) is 6.24. The lowest BCUT2D eigenvalue weighted by Gasteiger charge is -2.13. The number of hydrogen-bond acceptors (Lipinski definition) is 5. The molecule has 6 rings (SSSR count). The molecule has 4 aromatic carbocycles. The zero-order valence-electron chi connectivity index (χ0n) is 19.0. The van der Waals surface area contributed by atoms with E-state index in [9.17, 15) is 9.59 Å². The molecule has 37 heavy (non-hydrogen) atoms. The summed E-state index contributed by atoms with van der Waals surface area (Å²) in [6, 6.07) is 27.8. The molecule has 0 unspecified atom stereocenters. The van der Waals surface area contributed by atoms with Gasteiger partial charge in [0.25, 0.3) is 5.91 Å². The van der Waals surface area contributed by atoms with Crippen LogP contribution in [0.3, 0.4) is 0 Å². The third-order valence-electron chi connectivity index (χ3n) is 5.90. The minimum Gasteiger partial charge on any atom is -0.422 e. The Morgan fingerprint density at radius 2 is 1.68 bits per heavy atom. The van der Waals surface area contributed by atoms with Gasteiger partial charge in [-0.25, -0.2) is 9.78 Å². The fourth-order valence-corrected chi connectivity index (χ4v) is 6.45.